The van der Waals surface area contributed by atoms with Crippen LogP contribution in [0.1, 0.15) is 141 Å². The highest BCUT2D eigenvalue weighted by molar-refractivity contribution is 6.32. The first-order chi connectivity index (χ1) is 38.2. The molecule has 4 aromatic rings. The van der Waals surface area contributed by atoms with Gasteiger partial charge >= 0.3 is 0 Å². The molecule has 1 saturated carbocycles. The van der Waals surface area contributed by atoms with Gasteiger partial charge in [-0.15, -0.1) is 0 Å². The van der Waals surface area contributed by atoms with E-state index in [9.17, 15) is 28.7 Å². The van der Waals surface area contributed by atoms with Gasteiger partial charge in [0.05, 0.1) is 28.2 Å². The molecule has 4 fully saturated rings. The molecule has 10 atom stereocenters. The van der Waals surface area contributed by atoms with Crippen molar-refractivity contribution in [3.63, 3.8) is 0 Å². The fraction of sp³-hybridized carbons (Fsp3) is 0.556. The number of nitrogens with zero attached hydrogens (tertiary/aromatic N) is 2. The molecule has 6 aliphatic rings. The Bertz CT molecular complexity index is 3020. The monoisotopic (exact) mass is 1190 g/mol. The number of aliphatic hydroxyl groups is 1. The number of hydrogen-bond acceptors (Lipinski definition) is 9. The Morgan fingerprint density at radius 1 is 0.741 bits per heavy atom. The van der Waals surface area contributed by atoms with Gasteiger partial charge in [-0.25, -0.2) is 8.78 Å². The number of piperazine rings is 1. The van der Waals surface area contributed by atoms with Crippen LogP contribution in [0.25, 0.3) is 0 Å². The van der Waals surface area contributed by atoms with Gasteiger partial charge in [-0.1, -0.05) is 118 Å². The van der Waals surface area contributed by atoms with Gasteiger partial charge in [0.25, 0.3) is 0 Å². The molecule has 438 valence electrons. The van der Waals surface area contributed by atoms with Crippen molar-refractivity contribution >= 4 is 81.3 Å². The van der Waals surface area contributed by atoms with E-state index in [1.54, 1.807) is 42.5 Å². The van der Waals surface area contributed by atoms with Crippen LogP contribution in [0.5, 0.6) is 0 Å². The highest BCUT2D eigenvalue weighted by Crippen LogP contribution is 2.59. The Hall–Kier alpha value is -4.22. The molecule has 3 amide bonds. The third-order valence-electron chi connectivity index (χ3n) is 17.9. The number of carbonyl (C=O) groups is 4. The van der Waals surface area contributed by atoms with E-state index in [0.717, 1.165) is 69.5 Å². The van der Waals surface area contributed by atoms with Crippen molar-refractivity contribution in [2.45, 2.75) is 166 Å². The van der Waals surface area contributed by atoms with E-state index in [1.807, 2.05) is 12.1 Å². The van der Waals surface area contributed by atoms with E-state index in [2.05, 4.69) is 91.8 Å². The van der Waals surface area contributed by atoms with Crippen molar-refractivity contribution in [2.24, 2.45) is 16.7 Å². The molecule has 5 aliphatic heterocycles. The molecule has 18 heteroatoms. The molecular weight excluding hydrogens is 1110 g/mol. The van der Waals surface area contributed by atoms with E-state index in [1.165, 1.54) is 18.2 Å². The van der Waals surface area contributed by atoms with Gasteiger partial charge in [0.2, 0.25) is 17.7 Å². The minimum absolute atomic E-state index is 0.00816. The zero-order valence-electron chi connectivity index (χ0n) is 47.8. The summed E-state index contributed by atoms with van der Waals surface area (Å²) in [6.45, 7) is 22.4. The molecule has 3 saturated heterocycles. The second-order valence-corrected chi connectivity index (χ2v) is 27.9. The summed E-state index contributed by atoms with van der Waals surface area (Å²) in [6, 6.07) is 18.4. The molecule has 1 aliphatic carbocycles. The first kappa shape index (κ1) is 61.3. The summed E-state index contributed by atoms with van der Waals surface area (Å²) in [6.07, 6.45) is 5.23. The smallest absolute Gasteiger partial charge is 0.237 e. The number of hydrogen-bond donors (Lipinski definition) is 6. The maximum atomic E-state index is 15.9. The lowest BCUT2D eigenvalue weighted by atomic mass is 9.62. The number of anilines is 2. The minimum atomic E-state index is -1.27. The second-order valence-electron chi connectivity index (χ2n) is 26.2. The first-order valence-corrected chi connectivity index (χ1v) is 30.3. The largest absolute Gasteiger partial charge is 0.393 e. The quantitative estimate of drug-likeness (QED) is 0.0724. The summed E-state index contributed by atoms with van der Waals surface area (Å²) < 4.78 is 30.9. The van der Waals surface area contributed by atoms with Crippen molar-refractivity contribution < 1.29 is 33.1 Å². The van der Waals surface area contributed by atoms with Gasteiger partial charge in [0.1, 0.15) is 28.2 Å². The van der Waals surface area contributed by atoms with Crippen molar-refractivity contribution in [3.05, 3.63) is 127 Å². The summed E-state index contributed by atoms with van der Waals surface area (Å²) in [4.78, 5) is 61.2. The van der Waals surface area contributed by atoms with Gasteiger partial charge in [0.15, 0.2) is 0 Å². The third kappa shape index (κ3) is 12.5. The molecule has 5 heterocycles. The molecular formula is C63H79Cl4F2N7O5. The predicted molar refractivity (Wildman–Crippen MR) is 320 cm³/mol. The van der Waals surface area contributed by atoms with E-state index < -0.39 is 58.5 Å². The molecule has 2 spiro atoms. The maximum Gasteiger partial charge on any atom is 0.237 e. The summed E-state index contributed by atoms with van der Waals surface area (Å²) in [5, 5.41) is 27.0. The van der Waals surface area contributed by atoms with Gasteiger partial charge < -0.3 is 36.6 Å². The topological polar surface area (TPSA) is 155 Å². The Balaban J connectivity index is 0.000000196. The Morgan fingerprint density at radius 2 is 1.36 bits per heavy atom. The molecule has 0 aromatic heterocycles. The van der Waals surface area contributed by atoms with E-state index in [-0.39, 0.29) is 56.0 Å². The number of halogens is 6. The number of Topliss-reactive ketones (excluding diaryl/α,β-unsaturated/α-hetero) is 1. The predicted octanol–water partition coefficient (Wildman–Crippen LogP) is 11.8. The standard InChI is InChI=1S/C33H43Cl2FN4O2.C30H36Cl2FN3O3/c1-20(2)40-16-14-39(15-17-40)13-7-10-26(41)30-28(22-8-6-9-24(35)29(22)36)33(27(38-30)19-32(3,4)5)23-12-11-21(34)18-25(23)37-31(33)42;1-29(2,3)15-24-30(20-13-22(33)21(32)14-23(20)35-28(30)39)25(17-5-4-6-18(31)12-17)26(36-24)27(38)34-10-9-16-7-8-19(37)11-16/h6,8-9,11-12,18,20,27-28,30,38H,7,10,13-17,19H2,1-5H3,(H,37,42);4-6,12-14,16,19,24-26,36-37H,7-11,15H2,1-3H3,(H,34,38)(H,35,39)/t27-,28+,30+,33+;16?,19?,24-,25+,26-,30+/m11/s1. The zero-order chi connectivity index (χ0) is 58.5. The van der Waals surface area contributed by atoms with Crippen LogP contribution < -0.4 is 26.6 Å². The van der Waals surface area contributed by atoms with Crippen molar-refractivity contribution in [2.75, 3.05) is 49.9 Å². The highest BCUT2D eigenvalue weighted by Gasteiger charge is 2.67. The number of benzene rings is 4. The van der Waals surface area contributed by atoms with Crippen molar-refractivity contribution in [1.82, 2.24) is 25.8 Å². The van der Waals surface area contributed by atoms with Crippen LogP contribution >= 0.6 is 46.4 Å². The molecule has 0 radical (unpaired) electrons. The van der Waals surface area contributed by atoms with E-state index >= 15 is 4.39 Å². The van der Waals surface area contributed by atoms with Crippen LogP contribution in [-0.2, 0) is 30.0 Å². The lowest BCUT2D eigenvalue weighted by molar-refractivity contribution is -0.125. The number of nitrogens with one attached hydrogen (secondary N) is 5. The normalized spacial score (nSPS) is 28.3. The summed E-state index contributed by atoms with van der Waals surface area (Å²) >= 11 is 25.2. The van der Waals surface area contributed by atoms with Gasteiger partial charge in [-0.3, -0.25) is 24.1 Å². The van der Waals surface area contributed by atoms with Crippen LogP contribution in [0.15, 0.2) is 72.8 Å². The van der Waals surface area contributed by atoms with Crippen LogP contribution in [0.3, 0.4) is 0 Å². The van der Waals surface area contributed by atoms with Crippen LogP contribution in [-0.4, -0.2) is 114 Å². The fourth-order valence-electron chi connectivity index (χ4n) is 14.3. The van der Waals surface area contributed by atoms with Crippen LogP contribution in [0.4, 0.5) is 20.2 Å². The van der Waals surface area contributed by atoms with Gasteiger partial charge in [0, 0.05) is 90.5 Å². The van der Waals surface area contributed by atoms with Crippen LogP contribution in [0.2, 0.25) is 20.1 Å². The third-order valence-corrected chi connectivity index (χ3v) is 18.9. The molecule has 12 nitrogen and oxygen atoms in total. The number of carbonyl (C=O) groups excluding carboxylic acids is 4. The van der Waals surface area contributed by atoms with Crippen molar-refractivity contribution in [1.29, 1.82) is 0 Å². The van der Waals surface area contributed by atoms with Crippen LogP contribution in [0, 0.1) is 28.4 Å². The molecule has 81 heavy (non-hydrogen) atoms. The Kier molecular flexibility index (Phi) is 18.5. The summed E-state index contributed by atoms with van der Waals surface area (Å²) in [7, 11) is 0. The van der Waals surface area contributed by atoms with E-state index in [0.29, 0.717) is 71.2 Å². The fourth-order valence-corrected chi connectivity index (χ4v) is 15.0. The maximum absolute atomic E-state index is 15.9. The summed E-state index contributed by atoms with van der Waals surface area (Å²) in [5.41, 5.74) is 0.450. The molecule has 0 bridgehead atoms. The number of rotatable bonds is 14. The van der Waals surface area contributed by atoms with Gasteiger partial charge in [-0.2, -0.15) is 0 Å². The molecule has 2 unspecified atom stereocenters. The highest BCUT2D eigenvalue weighted by atomic mass is 35.5. The average Bonchev–Trinajstić information content (AvgIpc) is 4.22. The lowest BCUT2D eigenvalue weighted by Crippen LogP contribution is -2.49. The zero-order valence-corrected chi connectivity index (χ0v) is 50.8. The van der Waals surface area contributed by atoms with Gasteiger partial charge in [-0.05, 0) is 147 Å². The first-order valence-electron chi connectivity index (χ1n) is 28.8. The molecule has 6 N–H and O–H groups in total. The average molecular weight is 1190 g/mol. The number of aliphatic hydroxyl groups excluding tert-OH is 1. The number of amides is 3. The van der Waals surface area contributed by atoms with Crippen molar-refractivity contribution in [3.8, 4) is 0 Å². The second kappa shape index (κ2) is 24.4. The minimum Gasteiger partial charge on any atom is -0.393 e. The SMILES string of the molecule is CC(C)(C)C[C@H]1N[C@@H](C(=O)NCCC2CCC(O)C2)[C@H](c2cccc(Cl)c2)[C@@]12C(=O)Nc1cc(Cl)c(F)cc12.CC(C)N1CCN(CCCC(=O)[C@@H]2N[C@H](CC(C)(C)C)[C@]3(C(=O)Nc4cc(Cl)ccc43)[C@H]2c2cccc(Cl)c2F)CC1. The molecule has 4 aromatic carbocycles. The number of fused-ring (bicyclic) bond motifs is 4. The Labute approximate surface area is 496 Å². The lowest BCUT2D eigenvalue weighted by Gasteiger charge is -2.38. The molecule has 10 rings (SSSR count). The Morgan fingerprint density at radius 3 is 1.98 bits per heavy atom. The number of ketones is 1. The van der Waals surface area contributed by atoms with E-state index in [4.69, 9.17) is 46.4 Å². The summed E-state index contributed by atoms with van der Waals surface area (Å²) in [5.74, 6) is -3.02.